The van der Waals surface area contributed by atoms with E-state index in [0.717, 1.165) is 57.2 Å². The summed E-state index contributed by atoms with van der Waals surface area (Å²) in [7, 11) is 0. The number of carbonyl (C=O) groups excluding carboxylic acids is 1. The smallest absolute Gasteiger partial charge is 0.169 e. The summed E-state index contributed by atoms with van der Waals surface area (Å²) >= 11 is 0. The van der Waals surface area contributed by atoms with Gasteiger partial charge in [-0.15, -0.1) is 0 Å². The van der Waals surface area contributed by atoms with E-state index < -0.39 is 0 Å². The molecular weight excluding hydrogens is 204 g/mol. The summed E-state index contributed by atoms with van der Waals surface area (Å²) in [6.07, 6.45) is 9.49. The summed E-state index contributed by atoms with van der Waals surface area (Å²) in [6, 6.07) is 0. The molecule has 3 heteroatoms. The van der Waals surface area contributed by atoms with E-state index in [1.54, 1.807) is 0 Å². The highest BCUT2D eigenvalue weighted by Gasteiger charge is 2.48. The summed E-state index contributed by atoms with van der Waals surface area (Å²) in [6.45, 7) is 1.45. The molecule has 88 valence electrons. The number of aldehydes is 1. The predicted octanol–water partition coefficient (Wildman–Crippen LogP) is 2.21. The van der Waals surface area contributed by atoms with Crippen molar-refractivity contribution in [1.29, 1.82) is 0 Å². The van der Waals surface area contributed by atoms with E-state index in [0.29, 0.717) is 0 Å². The second-order valence-corrected chi connectivity index (χ2v) is 5.34. The predicted molar refractivity (Wildman–Crippen MR) is 58.9 cm³/mol. The first-order valence-corrected chi connectivity index (χ1v) is 6.21. The Bertz CT molecular complexity index is 328. The molecule has 0 bridgehead atoms. The van der Waals surface area contributed by atoms with E-state index in [1.807, 2.05) is 0 Å². The highest BCUT2D eigenvalue weighted by Crippen LogP contribution is 2.52. The third-order valence-electron chi connectivity index (χ3n) is 4.22. The topological polar surface area (TPSA) is 35.5 Å². The second kappa shape index (κ2) is 3.67. The molecule has 0 radical (unpaired) electrons. The zero-order chi connectivity index (χ0) is 11.1. The molecule has 1 saturated heterocycles. The van der Waals surface area contributed by atoms with Gasteiger partial charge in [0.1, 0.15) is 6.29 Å². The molecule has 2 fully saturated rings. The Kier molecular flexibility index (Phi) is 2.41. The molecule has 0 aromatic rings. The third-order valence-corrected chi connectivity index (χ3v) is 4.22. The first kappa shape index (κ1) is 10.5. The molecule has 3 nitrogen and oxygen atoms in total. The van der Waals surface area contributed by atoms with Crippen molar-refractivity contribution in [2.24, 2.45) is 5.41 Å². The SMILES string of the molecule is O=CC1=C[C@]2(CCCC3(C2)OCCO3)CC1. The normalized spacial score (nSPS) is 36.9. The summed E-state index contributed by atoms with van der Waals surface area (Å²) in [5.74, 6) is -0.326. The lowest BCUT2D eigenvalue weighted by atomic mass is 9.71. The van der Waals surface area contributed by atoms with Gasteiger partial charge in [-0.1, -0.05) is 6.08 Å². The Labute approximate surface area is 95.8 Å². The lowest BCUT2D eigenvalue weighted by Crippen LogP contribution is -2.40. The van der Waals surface area contributed by atoms with E-state index in [-0.39, 0.29) is 11.2 Å². The Morgan fingerprint density at radius 1 is 1.19 bits per heavy atom. The Balaban J connectivity index is 1.82. The Morgan fingerprint density at radius 2 is 2.00 bits per heavy atom. The minimum atomic E-state index is -0.326. The zero-order valence-corrected chi connectivity index (χ0v) is 9.54. The molecule has 3 aliphatic rings. The van der Waals surface area contributed by atoms with E-state index in [9.17, 15) is 4.79 Å². The number of allylic oxidation sites excluding steroid dienone is 2. The fraction of sp³-hybridized carbons (Fsp3) is 0.769. The molecule has 16 heavy (non-hydrogen) atoms. The first-order chi connectivity index (χ1) is 7.76. The summed E-state index contributed by atoms with van der Waals surface area (Å²) in [4.78, 5) is 10.8. The van der Waals surface area contributed by atoms with Gasteiger partial charge in [0.25, 0.3) is 0 Å². The van der Waals surface area contributed by atoms with Crippen LogP contribution in [0, 0.1) is 5.41 Å². The maximum absolute atomic E-state index is 10.8. The molecule has 0 unspecified atom stereocenters. The van der Waals surface area contributed by atoms with Crippen LogP contribution in [-0.4, -0.2) is 25.3 Å². The van der Waals surface area contributed by atoms with E-state index >= 15 is 0 Å². The molecule has 2 spiro atoms. The highest BCUT2D eigenvalue weighted by molar-refractivity contribution is 5.74. The van der Waals surface area contributed by atoms with Crippen molar-refractivity contribution in [3.63, 3.8) is 0 Å². The average Bonchev–Trinajstić information content (AvgIpc) is 2.87. The lowest BCUT2D eigenvalue weighted by molar-refractivity contribution is -0.196. The van der Waals surface area contributed by atoms with Gasteiger partial charge in [-0.25, -0.2) is 0 Å². The van der Waals surface area contributed by atoms with Crippen molar-refractivity contribution >= 4 is 6.29 Å². The average molecular weight is 222 g/mol. The molecule has 1 saturated carbocycles. The minimum absolute atomic E-state index is 0.179. The van der Waals surface area contributed by atoms with Gasteiger partial charge in [0.2, 0.25) is 0 Å². The van der Waals surface area contributed by atoms with Gasteiger partial charge >= 0.3 is 0 Å². The second-order valence-electron chi connectivity index (χ2n) is 5.34. The minimum Gasteiger partial charge on any atom is -0.348 e. The quantitative estimate of drug-likeness (QED) is 0.638. The molecule has 0 aromatic heterocycles. The Hall–Kier alpha value is -0.670. The molecule has 0 amide bonds. The van der Waals surface area contributed by atoms with Gasteiger partial charge in [0.15, 0.2) is 5.79 Å². The van der Waals surface area contributed by atoms with Crippen LogP contribution in [0.1, 0.15) is 38.5 Å². The van der Waals surface area contributed by atoms with Crippen molar-refractivity contribution in [3.8, 4) is 0 Å². The van der Waals surface area contributed by atoms with Gasteiger partial charge in [-0.3, -0.25) is 4.79 Å². The van der Waals surface area contributed by atoms with Gasteiger partial charge in [-0.05, 0) is 36.7 Å². The molecule has 1 aliphatic heterocycles. The van der Waals surface area contributed by atoms with Gasteiger partial charge in [0.05, 0.1) is 13.2 Å². The summed E-state index contributed by atoms with van der Waals surface area (Å²) in [5, 5.41) is 0. The monoisotopic (exact) mass is 222 g/mol. The van der Waals surface area contributed by atoms with Crippen LogP contribution in [0.15, 0.2) is 11.6 Å². The fourth-order valence-electron chi connectivity index (χ4n) is 3.53. The van der Waals surface area contributed by atoms with Crippen LogP contribution in [0.25, 0.3) is 0 Å². The van der Waals surface area contributed by atoms with Crippen LogP contribution < -0.4 is 0 Å². The van der Waals surface area contributed by atoms with Crippen molar-refractivity contribution in [2.75, 3.05) is 13.2 Å². The van der Waals surface area contributed by atoms with Gasteiger partial charge in [0, 0.05) is 12.8 Å². The van der Waals surface area contributed by atoms with Crippen LogP contribution in [0.3, 0.4) is 0 Å². The molecule has 1 heterocycles. The van der Waals surface area contributed by atoms with Crippen LogP contribution >= 0.6 is 0 Å². The van der Waals surface area contributed by atoms with Crippen LogP contribution in [0.2, 0.25) is 0 Å². The number of rotatable bonds is 1. The maximum atomic E-state index is 10.8. The molecule has 2 aliphatic carbocycles. The molecule has 3 rings (SSSR count). The highest BCUT2D eigenvalue weighted by atomic mass is 16.7. The van der Waals surface area contributed by atoms with E-state index in [4.69, 9.17) is 9.47 Å². The number of ether oxygens (including phenoxy) is 2. The third kappa shape index (κ3) is 1.62. The van der Waals surface area contributed by atoms with E-state index in [2.05, 4.69) is 6.08 Å². The van der Waals surface area contributed by atoms with Crippen molar-refractivity contribution in [2.45, 2.75) is 44.3 Å². The first-order valence-electron chi connectivity index (χ1n) is 6.21. The molecule has 0 N–H and O–H groups in total. The molecule has 0 aromatic carbocycles. The summed E-state index contributed by atoms with van der Waals surface area (Å²) in [5.41, 5.74) is 1.15. The van der Waals surface area contributed by atoms with Crippen molar-refractivity contribution in [3.05, 3.63) is 11.6 Å². The van der Waals surface area contributed by atoms with E-state index in [1.165, 1.54) is 6.42 Å². The largest absolute Gasteiger partial charge is 0.348 e. The van der Waals surface area contributed by atoms with Crippen LogP contribution in [-0.2, 0) is 14.3 Å². The fourth-order valence-corrected chi connectivity index (χ4v) is 3.53. The molecular formula is C13H18O3. The molecule has 1 atom stereocenters. The van der Waals surface area contributed by atoms with Crippen molar-refractivity contribution < 1.29 is 14.3 Å². The lowest BCUT2D eigenvalue weighted by Gasteiger charge is -2.42. The Morgan fingerprint density at radius 3 is 2.69 bits per heavy atom. The summed E-state index contributed by atoms with van der Waals surface area (Å²) < 4.78 is 11.6. The maximum Gasteiger partial charge on any atom is 0.169 e. The standard InChI is InChI=1S/C13H18O3/c14-9-11-2-5-12(8-11)3-1-4-13(10-12)15-6-7-16-13/h8-9H,1-7,10H2/t12-/m0/s1. The van der Waals surface area contributed by atoms with Crippen molar-refractivity contribution in [1.82, 2.24) is 0 Å². The van der Waals surface area contributed by atoms with Gasteiger partial charge in [-0.2, -0.15) is 0 Å². The van der Waals surface area contributed by atoms with Crippen LogP contribution in [0.4, 0.5) is 0 Å². The number of carbonyl (C=O) groups is 1. The zero-order valence-electron chi connectivity index (χ0n) is 9.54. The number of hydrogen-bond acceptors (Lipinski definition) is 3. The number of hydrogen-bond donors (Lipinski definition) is 0. The van der Waals surface area contributed by atoms with Gasteiger partial charge < -0.3 is 9.47 Å². The van der Waals surface area contributed by atoms with Crippen LogP contribution in [0.5, 0.6) is 0 Å².